The van der Waals surface area contributed by atoms with E-state index in [1.807, 2.05) is 11.8 Å². The summed E-state index contributed by atoms with van der Waals surface area (Å²) in [5.41, 5.74) is 0. The monoisotopic (exact) mass is 354 g/mol. The molecule has 1 unspecified atom stereocenters. The van der Waals surface area contributed by atoms with E-state index in [0.29, 0.717) is 0 Å². The topological polar surface area (TPSA) is 49.4 Å². The summed E-state index contributed by atoms with van der Waals surface area (Å²) < 4.78 is 0. The Morgan fingerprint density at radius 3 is 2.42 bits per heavy atom. The number of thioether (sulfide) groups is 1. The van der Waals surface area contributed by atoms with Crippen molar-refractivity contribution in [3.63, 3.8) is 0 Å². The molecule has 1 heterocycles. The molecule has 1 atom stereocenters. The summed E-state index contributed by atoms with van der Waals surface area (Å²) in [6.07, 6.45) is 9.92. The van der Waals surface area contributed by atoms with Gasteiger partial charge in [-0.25, -0.2) is 0 Å². The Hall–Kier alpha value is -0.710. The van der Waals surface area contributed by atoms with E-state index in [1.165, 1.54) is 32.1 Å². The highest BCUT2D eigenvalue weighted by molar-refractivity contribution is 8.00. The van der Waals surface area contributed by atoms with Crippen LogP contribution in [0.3, 0.4) is 0 Å². The first kappa shape index (κ1) is 19.6. The Bertz CT molecular complexity index is 402. The van der Waals surface area contributed by atoms with Crippen LogP contribution in [0.2, 0.25) is 0 Å². The van der Waals surface area contributed by atoms with Gasteiger partial charge in [0.15, 0.2) is 0 Å². The number of unbranched alkanes of at least 4 members (excludes halogenated alkanes) is 1. The summed E-state index contributed by atoms with van der Waals surface area (Å²) in [7, 11) is 0. The van der Waals surface area contributed by atoms with E-state index in [2.05, 4.69) is 12.2 Å². The number of hydrogen-bond donors (Lipinski definition) is 1. The lowest BCUT2D eigenvalue weighted by molar-refractivity contribution is -0.131. The van der Waals surface area contributed by atoms with E-state index < -0.39 is 0 Å². The van der Waals surface area contributed by atoms with Crippen LogP contribution in [0.25, 0.3) is 0 Å². The number of nitrogens with one attached hydrogen (secondary N) is 1. The van der Waals surface area contributed by atoms with Crippen LogP contribution in [0.15, 0.2) is 0 Å². The second kappa shape index (κ2) is 10.3. The van der Waals surface area contributed by atoms with Crippen LogP contribution in [0.5, 0.6) is 0 Å². The maximum Gasteiger partial charge on any atom is 0.235 e. The molecule has 0 aromatic carbocycles. The molecule has 138 valence electrons. The average Bonchev–Trinajstić information content (AvgIpc) is 2.62. The first-order valence-corrected chi connectivity index (χ1v) is 10.9. The van der Waals surface area contributed by atoms with Crippen LogP contribution >= 0.6 is 11.8 Å². The second-order valence-electron chi connectivity index (χ2n) is 7.31. The SMILES string of the molecule is CCCCSC(C)C(=O)N1CCC(NC(=O)C2CCCCC2)CC1. The third-order valence-corrected chi connectivity index (χ3v) is 6.57. The van der Waals surface area contributed by atoms with Gasteiger partial charge in [-0.05, 0) is 44.8 Å². The number of amides is 2. The average molecular weight is 355 g/mol. The summed E-state index contributed by atoms with van der Waals surface area (Å²) in [6.45, 7) is 5.78. The number of hydrogen-bond acceptors (Lipinski definition) is 3. The lowest BCUT2D eigenvalue weighted by Crippen LogP contribution is -2.49. The summed E-state index contributed by atoms with van der Waals surface area (Å²) in [5.74, 6) is 1.82. The van der Waals surface area contributed by atoms with E-state index in [1.54, 1.807) is 11.8 Å². The predicted molar refractivity (Wildman–Crippen MR) is 101 cm³/mol. The van der Waals surface area contributed by atoms with Crippen molar-refractivity contribution in [2.45, 2.75) is 82.9 Å². The van der Waals surface area contributed by atoms with E-state index in [4.69, 9.17) is 0 Å². The quantitative estimate of drug-likeness (QED) is 0.711. The molecule has 1 aliphatic carbocycles. The molecule has 0 aromatic rings. The van der Waals surface area contributed by atoms with Gasteiger partial charge in [0.05, 0.1) is 5.25 Å². The van der Waals surface area contributed by atoms with Crippen molar-refractivity contribution in [2.24, 2.45) is 5.92 Å². The third kappa shape index (κ3) is 5.98. The van der Waals surface area contributed by atoms with E-state index in [9.17, 15) is 9.59 Å². The van der Waals surface area contributed by atoms with E-state index in [0.717, 1.165) is 44.5 Å². The van der Waals surface area contributed by atoms with Crippen molar-refractivity contribution in [2.75, 3.05) is 18.8 Å². The van der Waals surface area contributed by atoms with Crippen molar-refractivity contribution in [1.29, 1.82) is 0 Å². The van der Waals surface area contributed by atoms with Gasteiger partial charge in [-0.2, -0.15) is 0 Å². The van der Waals surface area contributed by atoms with Crippen molar-refractivity contribution >= 4 is 23.6 Å². The molecule has 2 amide bonds. The van der Waals surface area contributed by atoms with Crippen molar-refractivity contribution in [1.82, 2.24) is 10.2 Å². The molecule has 2 aliphatic rings. The van der Waals surface area contributed by atoms with E-state index in [-0.39, 0.29) is 29.0 Å². The lowest BCUT2D eigenvalue weighted by atomic mass is 9.88. The Balaban J connectivity index is 1.68. The van der Waals surface area contributed by atoms with Gasteiger partial charge in [-0.3, -0.25) is 9.59 Å². The summed E-state index contributed by atoms with van der Waals surface area (Å²) in [4.78, 5) is 26.8. The van der Waals surface area contributed by atoms with Gasteiger partial charge in [0.2, 0.25) is 11.8 Å². The number of nitrogens with zero attached hydrogens (tertiary/aromatic N) is 1. The molecule has 2 rings (SSSR count). The number of carbonyl (C=O) groups is 2. The highest BCUT2D eigenvalue weighted by Gasteiger charge is 2.28. The van der Waals surface area contributed by atoms with Crippen LogP contribution in [0, 0.1) is 5.92 Å². The maximum absolute atomic E-state index is 12.5. The van der Waals surface area contributed by atoms with Gasteiger partial charge in [0.25, 0.3) is 0 Å². The lowest BCUT2D eigenvalue weighted by Gasteiger charge is -2.34. The number of piperidine rings is 1. The summed E-state index contributed by atoms with van der Waals surface area (Å²) in [6, 6.07) is 0.256. The zero-order chi connectivity index (χ0) is 17.4. The molecule has 0 radical (unpaired) electrons. The van der Waals surface area contributed by atoms with Crippen molar-refractivity contribution < 1.29 is 9.59 Å². The zero-order valence-electron chi connectivity index (χ0n) is 15.4. The molecule has 2 fully saturated rings. The molecular formula is C19H34N2O2S. The fraction of sp³-hybridized carbons (Fsp3) is 0.895. The zero-order valence-corrected chi connectivity index (χ0v) is 16.2. The van der Waals surface area contributed by atoms with Gasteiger partial charge in [-0.1, -0.05) is 32.6 Å². The molecule has 5 heteroatoms. The van der Waals surface area contributed by atoms with Crippen molar-refractivity contribution in [3.8, 4) is 0 Å². The highest BCUT2D eigenvalue weighted by Crippen LogP contribution is 2.24. The molecule has 1 saturated carbocycles. The first-order valence-electron chi connectivity index (χ1n) is 9.82. The molecule has 0 bridgehead atoms. The van der Waals surface area contributed by atoms with Gasteiger partial charge in [0.1, 0.15) is 0 Å². The molecule has 1 aliphatic heterocycles. The van der Waals surface area contributed by atoms with E-state index >= 15 is 0 Å². The van der Waals surface area contributed by atoms with Crippen LogP contribution in [0.4, 0.5) is 0 Å². The van der Waals surface area contributed by atoms with Crippen LogP contribution < -0.4 is 5.32 Å². The Morgan fingerprint density at radius 2 is 1.79 bits per heavy atom. The molecule has 0 spiro atoms. The number of likely N-dealkylation sites (tertiary alicyclic amines) is 1. The molecule has 4 nitrogen and oxygen atoms in total. The van der Waals surface area contributed by atoms with Gasteiger partial charge in [0, 0.05) is 25.0 Å². The third-order valence-electron chi connectivity index (χ3n) is 5.34. The summed E-state index contributed by atoms with van der Waals surface area (Å²) >= 11 is 1.77. The fourth-order valence-corrected chi connectivity index (χ4v) is 4.76. The van der Waals surface area contributed by atoms with Gasteiger partial charge < -0.3 is 10.2 Å². The minimum atomic E-state index is 0.0601. The largest absolute Gasteiger partial charge is 0.353 e. The Morgan fingerprint density at radius 1 is 1.12 bits per heavy atom. The molecule has 0 aromatic heterocycles. The predicted octanol–water partition coefficient (Wildman–Crippen LogP) is 3.60. The summed E-state index contributed by atoms with van der Waals surface area (Å²) in [5, 5.41) is 3.30. The minimum Gasteiger partial charge on any atom is -0.353 e. The molecule has 1 N–H and O–H groups in total. The van der Waals surface area contributed by atoms with Crippen molar-refractivity contribution in [3.05, 3.63) is 0 Å². The smallest absolute Gasteiger partial charge is 0.235 e. The minimum absolute atomic E-state index is 0.0601. The fourth-order valence-electron chi connectivity index (χ4n) is 3.66. The molecule has 1 saturated heterocycles. The van der Waals surface area contributed by atoms with Crippen LogP contribution in [-0.2, 0) is 9.59 Å². The molecule has 24 heavy (non-hydrogen) atoms. The molecular weight excluding hydrogens is 320 g/mol. The Kier molecular flexibility index (Phi) is 8.43. The van der Waals surface area contributed by atoms with Crippen LogP contribution in [-0.4, -0.2) is 46.8 Å². The maximum atomic E-state index is 12.5. The number of rotatable bonds is 7. The number of carbonyl (C=O) groups excluding carboxylic acids is 2. The standard InChI is InChI=1S/C19H34N2O2S/c1-3-4-14-24-15(2)19(23)21-12-10-17(11-13-21)20-18(22)16-8-6-5-7-9-16/h15-17H,3-14H2,1-2H3,(H,20,22). The first-order chi connectivity index (χ1) is 11.6. The Labute approximate surface area is 151 Å². The highest BCUT2D eigenvalue weighted by atomic mass is 32.2. The second-order valence-corrected chi connectivity index (χ2v) is 8.76. The van der Waals surface area contributed by atoms with Gasteiger partial charge in [-0.15, -0.1) is 11.8 Å². The normalized spacial score (nSPS) is 21.5. The van der Waals surface area contributed by atoms with Gasteiger partial charge >= 0.3 is 0 Å². The van der Waals surface area contributed by atoms with Crippen LogP contribution in [0.1, 0.15) is 71.6 Å².